The quantitative estimate of drug-likeness (QED) is 0.433. The Morgan fingerprint density at radius 1 is 1.10 bits per heavy atom. The summed E-state index contributed by atoms with van der Waals surface area (Å²) in [5, 5.41) is 26.4. The van der Waals surface area contributed by atoms with Crippen LogP contribution in [0, 0.1) is 5.92 Å². The summed E-state index contributed by atoms with van der Waals surface area (Å²) in [5.41, 5.74) is 0. The standard InChI is InChI=1S/C11H17NO7S/c1-6(5-20)10(17)12(4-9(15)16)7(11(18)19)2-3-8(13)14/h6-7,20H,2-5H2,1H3,(H,13,14)(H,15,16)(H,18,19)/t6?,7-/m0/s1. The summed E-state index contributed by atoms with van der Waals surface area (Å²) in [6.07, 6.45) is -0.835. The van der Waals surface area contributed by atoms with Gasteiger partial charge >= 0.3 is 17.9 Å². The summed E-state index contributed by atoms with van der Waals surface area (Å²) in [7, 11) is 0. The van der Waals surface area contributed by atoms with Crippen molar-refractivity contribution in [3.63, 3.8) is 0 Å². The molecule has 0 radical (unpaired) electrons. The molecular formula is C11H17NO7S. The minimum atomic E-state index is -1.49. The number of hydrogen-bond donors (Lipinski definition) is 4. The molecule has 0 saturated carbocycles. The van der Waals surface area contributed by atoms with Gasteiger partial charge in [-0.15, -0.1) is 0 Å². The Morgan fingerprint density at radius 3 is 2.00 bits per heavy atom. The van der Waals surface area contributed by atoms with Crippen molar-refractivity contribution in [3.05, 3.63) is 0 Å². The van der Waals surface area contributed by atoms with E-state index in [2.05, 4.69) is 12.6 Å². The van der Waals surface area contributed by atoms with Crippen LogP contribution in [0.5, 0.6) is 0 Å². The van der Waals surface area contributed by atoms with E-state index in [-0.39, 0.29) is 12.2 Å². The largest absolute Gasteiger partial charge is 0.481 e. The van der Waals surface area contributed by atoms with Crippen LogP contribution in [0.1, 0.15) is 19.8 Å². The lowest BCUT2D eigenvalue weighted by Gasteiger charge is -2.29. The van der Waals surface area contributed by atoms with Crippen LogP contribution < -0.4 is 0 Å². The summed E-state index contributed by atoms with van der Waals surface area (Å²) in [6, 6.07) is -1.49. The molecule has 1 unspecified atom stereocenters. The second kappa shape index (κ2) is 8.41. The second-order valence-electron chi connectivity index (χ2n) is 4.23. The molecule has 0 spiro atoms. The van der Waals surface area contributed by atoms with E-state index >= 15 is 0 Å². The average Bonchev–Trinajstić information content (AvgIpc) is 2.34. The monoisotopic (exact) mass is 307 g/mol. The molecule has 3 N–H and O–H groups in total. The van der Waals surface area contributed by atoms with E-state index in [9.17, 15) is 19.2 Å². The van der Waals surface area contributed by atoms with Crippen LogP contribution in [0.2, 0.25) is 0 Å². The summed E-state index contributed by atoms with van der Waals surface area (Å²) < 4.78 is 0. The lowest BCUT2D eigenvalue weighted by Crippen LogP contribution is -2.49. The van der Waals surface area contributed by atoms with Gasteiger partial charge in [0.2, 0.25) is 5.91 Å². The molecule has 0 saturated heterocycles. The molecule has 0 aromatic carbocycles. The molecular weight excluding hydrogens is 290 g/mol. The van der Waals surface area contributed by atoms with Gasteiger partial charge in [0.1, 0.15) is 12.6 Å². The highest BCUT2D eigenvalue weighted by Gasteiger charge is 2.33. The number of carboxylic acids is 3. The zero-order chi connectivity index (χ0) is 15.9. The van der Waals surface area contributed by atoms with Gasteiger partial charge in [0.15, 0.2) is 0 Å². The number of carbonyl (C=O) groups is 4. The number of carboxylic acid groups (broad SMARTS) is 3. The maximum atomic E-state index is 12.0. The Hall–Kier alpha value is -1.77. The molecule has 0 bridgehead atoms. The molecule has 0 fully saturated rings. The van der Waals surface area contributed by atoms with E-state index in [1.807, 2.05) is 0 Å². The van der Waals surface area contributed by atoms with Crippen LogP contribution >= 0.6 is 12.6 Å². The summed E-state index contributed by atoms with van der Waals surface area (Å²) in [5.74, 6) is -5.25. The Kier molecular flexibility index (Phi) is 7.67. The van der Waals surface area contributed by atoms with Gasteiger partial charge in [-0.05, 0) is 6.42 Å². The number of hydrogen-bond acceptors (Lipinski definition) is 5. The predicted molar refractivity (Wildman–Crippen MR) is 70.7 cm³/mol. The molecule has 8 nitrogen and oxygen atoms in total. The number of nitrogens with zero attached hydrogens (tertiary/aromatic N) is 1. The molecule has 0 aromatic heterocycles. The van der Waals surface area contributed by atoms with Crippen molar-refractivity contribution in [2.24, 2.45) is 5.92 Å². The van der Waals surface area contributed by atoms with Gasteiger partial charge in [-0.2, -0.15) is 12.6 Å². The van der Waals surface area contributed by atoms with Crippen LogP contribution in [0.15, 0.2) is 0 Å². The molecule has 9 heteroatoms. The highest BCUT2D eigenvalue weighted by Crippen LogP contribution is 2.13. The van der Waals surface area contributed by atoms with Crippen LogP contribution in [0.25, 0.3) is 0 Å². The van der Waals surface area contributed by atoms with Crippen molar-refractivity contribution in [1.82, 2.24) is 4.90 Å². The van der Waals surface area contributed by atoms with Crippen LogP contribution in [-0.2, 0) is 19.2 Å². The predicted octanol–water partition coefficient (Wildman–Crippen LogP) is -0.216. The maximum absolute atomic E-state index is 12.0. The Morgan fingerprint density at radius 2 is 1.65 bits per heavy atom. The molecule has 0 aromatic rings. The minimum Gasteiger partial charge on any atom is -0.481 e. The molecule has 20 heavy (non-hydrogen) atoms. The SMILES string of the molecule is CC(CS)C(=O)N(CC(=O)O)[C@@H](CCC(=O)O)C(=O)O. The smallest absolute Gasteiger partial charge is 0.326 e. The first-order valence-electron chi connectivity index (χ1n) is 5.78. The van der Waals surface area contributed by atoms with E-state index in [4.69, 9.17) is 15.3 Å². The van der Waals surface area contributed by atoms with E-state index in [1.165, 1.54) is 6.92 Å². The van der Waals surface area contributed by atoms with Crippen LogP contribution in [-0.4, -0.2) is 62.4 Å². The minimum absolute atomic E-state index is 0.125. The van der Waals surface area contributed by atoms with Gasteiger partial charge in [0.05, 0.1) is 0 Å². The molecule has 0 aliphatic carbocycles. The van der Waals surface area contributed by atoms with Crippen molar-refractivity contribution in [2.45, 2.75) is 25.8 Å². The van der Waals surface area contributed by atoms with Gasteiger partial charge < -0.3 is 20.2 Å². The molecule has 0 rings (SSSR count). The first-order valence-corrected chi connectivity index (χ1v) is 6.41. The highest BCUT2D eigenvalue weighted by atomic mass is 32.1. The third-order valence-corrected chi connectivity index (χ3v) is 3.12. The first-order chi connectivity index (χ1) is 9.20. The van der Waals surface area contributed by atoms with E-state index in [1.54, 1.807) is 0 Å². The Labute approximate surface area is 120 Å². The maximum Gasteiger partial charge on any atom is 0.326 e. The van der Waals surface area contributed by atoms with Crippen molar-refractivity contribution >= 4 is 36.4 Å². The molecule has 0 heterocycles. The van der Waals surface area contributed by atoms with Crippen LogP contribution in [0.3, 0.4) is 0 Å². The third-order valence-electron chi connectivity index (χ3n) is 2.58. The van der Waals surface area contributed by atoms with Crippen LogP contribution in [0.4, 0.5) is 0 Å². The molecule has 1 amide bonds. The summed E-state index contributed by atoms with van der Waals surface area (Å²) in [4.78, 5) is 45.1. The second-order valence-corrected chi connectivity index (χ2v) is 4.60. The summed E-state index contributed by atoms with van der Waals surface area (Å²) >= 11 is 3.91. The summed E-state index contributed by atoms with van der Waals surface area (Å²) in [6.45, 7) is 0.688. The third kappa shape index (κ3) is 5.91. The van der Waals surface area contributed by atoms with Crippen molar-refractivity contribution in [3.8, 4) is 0 Å². The topological polar surface area (TPSA) is 132 Å². The first kappa shape index (κ1) is 18.2. The van der Waals surface area contributed by atoms with E-state index < -0.39 is 48.7 Å². The van der Waals surface area contributed by atoms with Crippen molar-refractivity contribution in [1.29, 1.82) is 0 Å². The molecule has 114 valence electrons. The lowest BCUT2D eigenvalue weighted by molar-refractivity contribution is -0.156. The number of aliphatic carboxylic acids is 3. The van der Waals surface area contributed by atoms with Gasteiger partial charge in [0, 0.05) is 18.1 Å². The fraction of sp³-hybridized carbons (Fsp3) is 0.636. The lowest BCUT2D eigenvalue weighted by atomic mass is 10.1. The van der Waals surface area contributed by atoms with Gasteiger partial charge in [-0.3, -0.25) is 14.4 Å². The Balaban J connectivity index is 5.20. The van der Waals surface area contributed by atoms with Gasteiger partial charge in [-0.1, -0.05) is 6.92 Å². The zero-order valence-corrected chi connectivity index (χ0v) is 11.7. The fourth-order valence-corrected chi connectivity index (χ4v) is 1.68. The zero-order valence-electron chi connectivity index (χ0n) is 10.9. The van der Waals surface area contributed by atoms with E-state index in [0.717, 1.165) is 0 Å². The van der Waals surface area contributed by atoms with Crippen molar-refractivity contribution < 1.29 is 34.5 Å². The normalized spacial score (nSPS) is 13.3. The van der Waals surface area contributed by atoms with Gasteiger partial charge in [0.25, 0.3) is 0 Å². The average molecular weight is 307 g/mol. The van der Waals surface area contributed by atoms with Gasteiger partial charge in [-0.25, -0.2) is 4.79 Å². The Bertz CT molecular complexity index is 398. The number of rotatable bonds is 9. The number of carbonyl (C=O) groups excluding carboxylic acids is 1. The highest BCUT2D eigenvalue weighted by molar-refractivity contribution is 7.80. The number of amides is 1. The molecule has 2 atom stereocenters. The van der Waals surface area contributed by atoms with Crippen molar-refractivity contribution in [2.75, 3.05) is 12.3 Å². The molecule has 0 aliphatic rings. The molecule has 0 aliphatic heterocycles. The van der Waals surface area contributed by atoms with E-state index in [0.29, 0.717) is 4.90 Å². The fourth-order valence-electron chi connectivity index (χ4n) is 1.52. The number of thiol groups is 1.